The Kier molecular flexibility index (Phi) is 5.10. The molecule has 7 heteroatoms. The van der Waals surface area contributed by atoms with Crippen LogP contribution >= 0.6 is 12.2 Å². The zero-order valence-electron chi connectivity index (χ0n) is 19.4. The van der Waals surface area contributed by atoms with Crippen LogP contribution < -0.4 is 9.64 Å². The van der Waals surface area contributed by atoms with E-state index in [1.807, 2.05) is 12.1 Å². The van der Waals surface area contributed by atoms with Crippen LogP contribution in [0.1, 0.15) is 44.3 Å². The number of nitrogens with zero attached hydrogens (tertiary/aromatic N) is 5. The SMILES string of the molecule is COc1ccccc1N1CCN(Cn2nc(C34CC5CC(CC(C5)C3)C4)n(C)c2=S)CC1. The van der Waals surface area contributed by atoms with Crippen LogP contribution in [0.2, 0.25) is 0 Å². The van der Waals surface area contributed by atoms with Gasteiger partial charge in [0.25, 0.3) is 0 Å². The third-order valence-corrected chi connectivity index (χ3v) is 9.17. The van der Waals surface area contributed by atoms with Crippen LogP contribution in [0.5, 0.6) is 5.75 Å². The second kappa shape index (κ2) is 7.87. The molecule has 0 N–H and O–H groups in total. The van der Waals surface area contributed by atoms with Gasteiger partial charge in [0.05, 0.1) is 19.5 Å². The summed E-state index contributed by atoms with van der Waals surface area (Å²) in [6.07, 6.45) is 8.37. The van der Waals surface area contributed by atoms with Crippen LogP contribution in [0.25, 0.3) is 0 Å². The van der Waals surface area contributed by atoms with Gasteiger partial charge in [-0.25, -0.2) is 4.68 Å². The summed E-state index contributed by atoms with van der Waals surface area (Å²) in [6.45, 7) is 4.77. The lowest BCUT2D eigenvalue weighted by atomic mass is 9.49. The Morgan fingerprint density at radius 3 is 2.25 bits per heavy atom. The second-order valence-corrected chi connectivity index (χ2v) is 11.1. The second-order valence-electron chi connectivity index (χ2n) is 10.8. The fourth-order valence-electron chi connectivity index (χ4n) is 7.64. The van der Waals surface area contributed by atoms with Gasteiger partial charge in [-0.05, 0) is 80.6 Å². The van der Waals surface area contributed by atoms with Gasteiger partial charge in [0.1, 0.15) is 11.6 Å². The normalized spacial score (nSPS) is 31.9. The highest BCUT2D eigenvalue weighted by molar-refractivity contribution is 7.71. The van der Waals surface area contributed by atoms with Gasteiger partial charge in [0.15, 0.2) is 4.77 Å². The number of hydrogen-bond acceptors (Lipinski definition) is 5. The molecule has 1 aromatic heterocycles. The van der Waals surface area contributed by atoms with Crippen LogP contribution in [0.15, 0.2) is 24.3 Å². The molecule has 5 fully saturated rings. The number of methoxy groups -OCH3 is 1. The first kappa shape index (κ1) is 20.7. The van der Waals surface area contributed by atoms with Gasteiger partial charge < -0.3 is 14.2 Å². The molecule has 0 atom stereocenters. The van der Waals surface area contributed by atoms with Crippen molar-refractivity contribution in [3.8, 4) is 5.75 Å². The molecule has 32 heavy (non-hydrogen) atoms. The van der Waals surface area contributed by atoms with E-state index in [2.05, 4.69) is 38.2 Å². The molecule has 2 heterocycles. The molecule has 4 bridgehead atoms. The fourth-order valence-corrected chi connectivity index (χ4v) is 7.82. The first-order chi connectivity index (χ1) is 15.5. The summed E-state index contributed by atoms with van der Waals surface area (Å²) in [6, 6.07) is 8.31. The summed E-state index contributed by atoms with van der Waals surface area (Å²) in [5, 5.41) is 5.20. The highest BCUT2D eigenvalue weighted by Gasteiger charge is 2.53. The molecule has 2 aromatic rings. The van der Waals surface area contributed by atoms with Gasteiger partial charge in [0.2, 0.25) is 0 Å². The highest BCUT2D eigenvalue weighted by Crippen LogP contribution is 2.60. The first-order valence-electron chi connectivity index (χ1n) is 12.3. The lowest BCUT2D eigenvalue weighted by molar-refractivity contribution is -0.0111. The molecule has 0 amide bonds. The Morgan fingerprint density at radius 2 is 1.62 bits per heavy atom. The Labute approximate surface area is 196 Å². The predicted octanol–water partition coefficient (Wildman–Crippen LogP) is 4.21. The Hall–Kier alpha value is -1.86. The molecule has 172 valence electrons. The van der Waals surface area contributed by atoms with Crippen LogP contribution in [0, 0.1) is 22.5 Å². The smallest absolute Gasteiger partial charge is 0.198 e. The third kappa shape index (κ3) is 3.39. The molecule has 4 aliphatic carbocycles. The van der Waals surface area contributed by atoms with E-state index >= 15 is 0 Å². The Morgan fingerprint density at radius 1 is 1.00 bits per heavy atom. The quantitative estimate of drug-likeness (QED) is 0.634. The monoisotopic (exact) mass is 453 g/mol. The minimum atomic E-state index is 0.283. The van der Waals surface area contributed by atoms with E-state index in [1.165, 1.54) is 50.0 Å². The van der Waals surface area contributed by atoms with E-state index in [1.54, 1.807) is 7.11 Å². The van der Waals surface area contributed by atoms with Crippen molar-refractivity contribution in [3.63, 3.8) is 0 Å². The first-order valence-corrected chi connectivity index (χ1v) is 12.7. The number of piperazine rings is 1. The standard InChI is InChI=1S/C25H35N5OS/c1-27-23(25-14-18-11-19(15-25)13-20(12-18)16-25)26-30(24(27)32)17-28-7-9-29(10-8-28)21-5-3-4-6-22(21)31-2/h3-6,18-20H,7-17H2,1-2H3. The average molecular weight is 454 g/mol. The van der Waals surface area contributed by atoms with Gasteiger partial charge in [0, 0.05) is 38.6 Å². The highest BCUT2D eigenvalue weighted by atomic mass is 32.1. The maximum Gasteiger partial charge on any atom is 0.198 e. The zero-order valence-corrected chi connectivity index (χ0v) is 20.2. The van der Waals surface area contributed by atoms with E-state index in [0.29, 0.717) is 0 Å². The van der Waals surface area contributed by atoms with Crippen molar-refractivity contribution in [2.75, 3.05) is 38.2 Å². The lowest BCUT2D eigenvalue weighted by Gasteiger charge is -2.56. The summed E-state index contributed by atoms with van der Waals surface area (Å²) in [7, 11) is 3.90. The van der Waals surface area contributed by atoms with Crippen LogP contribution in [-0.2, 0) is 19.1 Å². The number of anilines is 1. The molecular formula is C25H35N5OS. The van der Waals surface area contributed by atoms with Crippen LogP contribution in [0.4, 0.5) is 5.69 Å². The summed E-state index contributed by atoms with van der Waals surface area (Å²) >= 11 is 5.88. The Balaban J connectivity index is 1.17. The van der Waals surface area contributed by atoms with Gasteiger partial charge in [-0.3, -0.25) is 4.90 Å². The van der Waals surface area contributed by atoms with Crippen molar-refractivity contribution in [2.45, 2.75) is 50.6 Å². The summed E-state index contributed by atoms with van der Waals surface area (Å²) in [5.41, 5.74) is 1.47. The van der Waals surface area contributed by atoms with E-state index in [-0.39, 0.29) is 5.41 Å². The van der Waals surface area contributed by atoms with Gasteiger partial charge in [-0.2, -0.15) is 5.10 Å². The van der Waals surface area contributed by atoms with E-state index in [0.717, 1.165) is 61.1 Å². The average Bonchev–Trinajstić information content (AvgIpc) is 3.08. The van der Waals surface area contributed by atoms with Crippen molar-refractivity contribution in [1.82, 2.24) is 19.2 Å². The van der Waals surface area contributed by atoms with E-state index in [4.69, 9.17) is 22.1 Å². The van der Waals surface area contributed by atoms with E-state index < -0.39 is 0 Å². The molecule has 0 radical (unpaired) electrons. The molecule has 1 saturated heterocycles. The molecule has 7 rings (SSSR count). The largest absolute Gasteiger partial charge is 0.495 e. The molecule has 0 spiro atoms. The zero-order chi connectivity index (χ0) is 21.9. The molecule has 4 saturated carbocycles. The molecule has 6 nitrogen and oxygen atoms in total. The summed E-state index contributed by atoms with van der Waals surface area (Å²) in [4.78, 5) is 4.91. The number of aromatic nitrogens is 3. The fraction of sp³-hybridized carbons (Fsp3) is 0.680. The van der Waals surface area contributed by atoms with Crippen molar-refractivity contribution < 1.29 is 4.74 Å². The van der Waals surface area contributed by atoms with Crippen LogP contribution in [0.3, 0.4) is 0 Å². The molecular weight excluding hydrogens is 418 g/mol. The minimum Gasteiger partial charge on any atom is -0.495 e. The third-order valence-electron chi connectivity index (χ3n) is 8.69. The van der Waals surface area contributed by atoms with E-state index in [9.17, 15) is 0 Å². The van der Waals surface area contributed by atoms with Crippen molar-refractivity contribution >= 4 is 17.9 Å². The van der Waals surface area contributed by atoms with Crippen molar-refractivity contribution in [3.05, 3.63) is 34.9 Å². The molecule has 0 unspecified atom stereocenters. The van der Waals surface area contributed by atoms with Gasteiger partial charge in [-0.15, -0.1) is 0 Å². The van der Waals surface area contributed by atoms with Gasteiger partial charge >= 0.3 is 0 Å². The molecule has 5 aliphatic rings. The van der Waals surface area contributed by atoms with Crippen molar-refractivity contribution in [2.24, 2.45) is 24.8 Å². The lowest BCUT2D eigenvalue weighted by Crippen LogP contribution is -2.49. The topological polar surface area (TPSA) is 38.5 Å². The summed E-state index contributed by atoms with van der Waals surface area (Å²) < 4.78 is 10.8. The molecule has 1 aliphatic heterocycles. The van der Waals surface area contributed by atoms with Gasteiger partial charge in [-0.1, -0.05) is 12.1 Å². The number of para-hydroxylation sites is 2. The Bertz CT molecular complexity index is 1020. The number of benzene rings is 1. The van der Waals surface area contributed by atoms with Crippen LogP contribution in [-0.4, -0.2) is 52.5 Å². The van der Waals surface area contributed by atoms with Crippen molar-refractivity contribution in [1.29, 1.82) is 0 Å². The number of ether oxygens (including phenoxy) is 1. The predicted molar refractivity (Wildman–Crippen MR) is 129 cm³/mol. The number of rotatable bonds is 5. The maximum absolute atomic E-state index is 5.88. The minimum absolute atomic E-state index is 0.283. The molecule has 1 aromatic carbocycles. The number of hydrogen-bond donors (Lipinski definition) is 0. The summed E-state index contributed by atoms with van der Waals surface area (Å²) in [5.74, 6) is 4.98. The maximum atomic E-state index is 5.88.